The number of nitrogens with zero attached hydrogens (tertiary/aromatic N) is 1. The molecule has 0 aliphatic carbocycles. The lowest BCUT2D eigenvalue weighted by Crippen LogP contribution is -2.41. The summed E-state index contributed by atoms with van der Waals surface area (Å²) >= 11 is 1.23. The van der Waals surface area contributed by atoms with Crippen molar-refractivity contribution in [2.75, 3.05) is 11.5 Å². The second-order valence-electron chi connectivity index (χ2n) is 7.07. The van der Waals surface area contributed by atoms with Gasteiger partial charge in [-0.05, 0) is 51.7 Å². The van der Waals surface area contributed by atoms with E-state index in [0.29, 0.717) is 11.6 Å². The van der Waals surface area contributed by atoms with Crippen molar-refractivity contribution in [3.05, 3.63) is 28.9 Å². The first-order valence-electron chi connectivity index (χ1n) is 7.93. The third kappa shape index (κ3) is 4.20. The summed E-state index contributed by atoms with van der Waals surface area (Å²) in [4.78, 5) is 15.6. The molecule has 0 saturated carbocycles. The Balaban J connectivity index is 2.37. The molecule has 0 unspecified atom stereocenters. The van der Waals surface area contributed by atoms with Crippen LogP contribution in [0.3, 0.4) is 0 Å². The molecular weight excluding hydrogens is 323 g/mol. The van der Waals surface area contributed by atoms with Crippen LogP contribution in [0, 0.1) is 6.92 Å². The Labute approximate surface area is 148 Å². The van der Waals surface area contributed by atoms with Crippen LogP contribution in [0.15, 0.2) is 17.7 Å². The molecule has 1 aliphatic heterocycles. The molecule has 0 amide bonds. The fraction of sp³-hybridized carbons (Fsp3) is 0.529. The minimum atomic E-state index is -0.512. The topological polar surface area (TPSA) is 74.4 Å². The molecule has 7 heteroatoms. The van der Waals surface area contributed by atoms with Gasteiger partial charge in [0.05, 0.1) is 11.2 Å². The molecular formula is C17H25BN2O3S. The van der Waals surface area contributed by atoms with E-state index in [2.05, 4.69) is 4.98 Å². The molecule has 1 aromatic rings. The van der Waals surface area contributed by atoms with Crippen molar-refractivity contribution in [1.82, 2.24) is 4.98 Å². The van der Waals surface area contributed by atoms with Crippen LogP contribution in [0.1, 0.15) is 45.7 Å². The molecule has 0 radical (unpaired) electrons. The number of hydrogen-bond donors (Lipinski definition) is 1. The lowest BCUT2D eigenvalue weighted by Gasteiger charge is -2.32. The van der Waals surface area contributed by atoms with E-state index in [4.69, 9.17) is 15.0 Å². The smallest absolute Gasteiger partial charge is 0.400 e. The summed E-state index contributed by atoms with van der Waals surface area (Å²) in [5.41, 5.74) is 7.81. The lowest BCUT2D eigenvalue weighted by atomic mass is 9.78. The van der Waals surface area contributed by atoms with Crippen LogP contribution in [0.4, 0.5) is 5.82 Å². The summed E-state index contributed by atoms with van der Waals surface area (Å²) < 4.78 is 12.2. The van der Waals surface area contributed by atoms with E-state index in [1.807, 2.05) is 46.8 Å². The minimum Gasteiger partial charge on any atom is -0.400 e. The number of rotatable bonds is 4. The number of aromatic nitrogens is 1. The van der Waals surface area contributed by atoms with E-state index in [1.54, 1.807) is 13.1 Å². The first-order valence-corrected chi connectivity index (χ1v) is 8.92. The molecule has 2 N–H and O–H groups in total. The van der Waals surface area contributed by atoms with Gasteiger partial charge in [-0.2, -0.15) is 0 Å². The highest BCUT2D eigenvalue weighted by molar-refractivity contribution is 8.13. The third-order valence-corrected chi connectivity index (χ3v) is 5.31. The predicted octanol–water partition coefficient (Wildman–Crippen LogP) is 3.27. The zero-order chi connectivity index (χ0) is 18.1. The standard InChI is InChI=1S/C17H25BN2O3S/c1-11-7-13(15(19)20-9-11)8-14(10-24-12(2)21)18-22-16(3,4)17(5,6)23-18/h7-9H,10H2,1-6H3,(H2,19,20). The fourth-order valence-corrected chi connectivity index (χ4v) is 2.86. The van der Waals surface area contributed by atoms with Crippen molar-refractivity contribution in [2.45, 2.75) is 52.7 Å². The number of aryl methyl sites for hydroxylation is 1. The number of anilines is 1. The second kappa shape index (κ2) is 6.90. The van der Waals surface area contributed by atoms with Gasteiger partial charge in [0, 0.05) is 24.4 Å². The summed E-state index contributed by atoms with van der Waals surface area (Å²) in [5, 5.41) is 0.0488. The molecule has 1 aliphatic rings. The van der Waals surface area contributed by atoms with Crippen molar-refractivity contribution >= 4 is 35.9 Å². The van der Waals surface area contributed by atoms with E-state index in [0.717, 1.165) is 16.6 Å². The summed E-state index contributed by atoms with van der Waals surface area (Å²) in [6.07, 6.45) is 3.65. The Bertz CT molecular complexity index is 658. The zero-order valence-electron chi connectivity index (χ0n) is 15.2. The maximum atomic E-state index is 11.4. The highest BCUT2D eigenvalue weighted by atomic mass is 32.2. The Hall–Kier alpha value is -1.31. The average Bonchev–Trinajstić information content (AvgIpc) is 2.66. The van der Waals surface area contributed by atoms with Gasteiger partial charge in [-0.25, -0.2) is 4.98 Å². The van der Waals surface area contributed by atoms with Gasteiger partial charge in [-0.15, -0.1) is 0 Å². The van der Waals surface area contributed by atoms with Crippen LogP contribution < -0.4 is 5.73 Å². The monoisotopic (exact) mass is 348 g/mol. The Morgan fingerprint density at radius 3 is 2.46 bits per heavy atom. The van der Waals surface area contributed by atoms with E-state index in [9.17, 15) is 4.79 Å². The molecule has 1 fully saturated rings. The van der Waals surface area contributed by atoms with Gasteiger partial charge in [0.25, 0.3) is 0 Å². The van der Waals surface area contributed by atoms with Gasteiger partial charge in [-0.1, -0.05) is 17.8 Å². The summed E-state index contributed by atoms with van der Waals surface area (Å²) in [5.74, 6) is 0.932. The molecule has 2 rings (SSSR count). The van der Waals surface area contributed by atoms with Crippen molar-refractivity contribution in [3.63, 3.8) is 0 Å². The lowest BCUT2D eigenvalue weighted by molar-refractivity contribution is -0.109. The van der Waals surface area contributed by atoms with E-state index < -0.39 is 18.3 Å². The molecule has 24 heavy (non-hydrogen) atoms. The maximum absolute atomic E-state index is 11.4. The Kier molecular flexibility index (Phi) is 5.47. The quantitative estimate of drug-likeness (QED) is 0.842. The van der Waals surface area contributed by atoms with Gasteiger partial charge >= 0.3 is 7.12 Å². The number of carbonyl (C=O) groups is 1. The van der Waals surface area contributed by atoms with Crippen LogP contribution in [-0.2, 0) is 14.1 Å². The molecule has 5 nitrogen and oxygen atoms in total. The zero-order valence-corrected chi connectivity index (χ0v) is 16.0. The van der Waals surface area contributed by atoms with Crippen molar-refractivity contribution < 1.29 is 14.1 Å². The summed E-state index contributed by atoms with van der Waals surface area (Å²) in [7, 11) is -0.512. The fourth-order valence-electron chi connectivity index (χ4n) is 2.27. The molecule has 1 aromatic heterocycles. The molecule has 130 valence electrons. The predicted molar refractivity (Wildman–Crippen MR) is 101 cm³/mol. The SMILES string of the molecule is CC(=O)SCC(=Cc1cc(C)cnc1N)B1OC(C)(C)C(C)(C)O1. The van der Waals surface area contributed by atoms with Crippen LogP contribution in [0.2, 0.25) is 0 Å². The van der Waals surface area contributed by atoms with Crippen molar-refractivity contribution in [2.24, 2.45) is 0 Å². The number of thioether (sulfide) groups is 1. The third-order valence-electron chi connectivity index (χ3n) is 4.43. The highest BCUT2D eigenvalue weighted by Crippen LogP contribution is 2.39. The van der Waals surface area contributed by atoms with Gasteiger partial charge < -0.3 is 15.0 Å². The Morgan fingerprint density at radius 1 is 1.33 bits per heavy atom. The van der Waals surface area contributed by atoms with Crippen LogP contribution in [0.5, 0.6) is 0 Å². The molecule has 1 saturated heterocycles. The first-order chi connectivity index (χ1) is 11.0. The number of carbonyl (C=O) groups excluding carboxylic acids is 1. The number of hydrogen-bond acceptors (Lipinski definition) is 6. The number of pyridine rings is 1. The molecule has 0 spiro atoms. The van der Waals surface area contributed by atoms with Gasteiger partial charge in [0.15, 0.2) is 5.12 Å². The highest BCUT2D eigenvalue weighted by Gasteiger charge is 2.52. The Morgan fingerprint density at radius 2 is 1.92 bits per heavy atom. The molecule has 0 aromatic carbocycles. The second-order valence-corrected chi connectivity index (χ2v) is 8.23. The summed E-state index contributed by atoms with van der Waals surface area (Å²) in [6.45, 7) is 11.5. The largest absolute Gasteiger partial charge is 0.491 e. The van der Waals surface area contributed by atoms with Crippen LogP contribution in [-0.4, -0.2) is 34.2 Å². The van der Waals surface area contributed by atoms with Gasteiger partial charge in [0.2, 0.25) is 0 Å². The van der Waals surface area contributed by atoms with E-state index >= 15 is 0 Å². The molecule has 2 heterocycles. The number of nitrogen functional groups attached to an aromatic ring is 1. The van der Waals surface area contributed by atoms with Crippen molar-refractivity contribution in [3.8, 4) is 0 Å². The van der Waals surface area contributed by atoms with E-state index in [1.165, 1.54) is 11.8 Å². The average molecular weight is 348 g/mol. The van der Waals surface area contributed by atoms with E-state index in [-0.39, 0.29) is 5.12 Å². The molecule has 0 atom stereocenters. The van der Waals surface area contributed by atoms with Crippen LogP contribution >= 0.6 is 11.8 Å². The van der Waals surface area contributed by atoms with Gasteiger partial charge in [0.1, 0.15) is 5.82 Å². The molecule has 0 bridgehead atoms. The van der Waals surface area contributed by atoms with Crippen LogP contribution in [0.25, 0.3) is 6.08 Å². The van der Waals surface area contributed by atoms with Crippen molar-refractivity contribution in [1.29, 1.82) is 0 Å². The van der Waals surface area contributed by atoms with Gasteiger partial charge in [-0.3, -0.25) is 4.79 Å². The number of nitrogens with two attached hydrogens (primary N) is 1. The first kappa shape index (κ1) is 19.0. The summed E-state index contributed by atoms with van der Waals surface area (Å²) in [6, 6.07) is 1.96. The maximum Gasteiger partial charge on any atom is 0.491 e. The minimum absolute atomic E-state index is 0.0488. The normalized spacial score (nSPS) is 19.6.